The van der Waals surface area contributed by atoms with Crippen molar-refractivity contribution >= 4 is 17.2 Å². The molecular formula is C9H13N3OS. The first-order chi connectivity index (χ1) is 6.75. The Hall–Kier alpha value is -1.20. The lowest BCUT2D eigenvalue weighted by molar-refractivity contribution is 0.0961. The molecule has 0 aliphatic heterocycles. The zero-order valence-electron chi connectivity index (χ0n) is 7.99. The summed E-state index contributed by atoms with van der Waals surface area (Å²) in [5.74, 6) is -0.0772. The number of hydrogen-bond acceptors (Lipinski definition) is 4. The molecule has 0 bridgehead atoms. The van der Waals surface area contributed by atoms with Gasteiger partial charge in [-0.2, -0.15) is 0 Å². The van der Waals surface area contributed by atoms with Crippen LogP contribution in [0.3, 0.4) is 0 Å². The summed E-state index contributed by atoms with van der Waals surface area (Å²) >= 11 is 1.35. The number of carbonyl (C=O) groups is 1. The van der Waals surface area contributed by atoms with Gasteiger partial charge >= 0.3 is 0 Å². The molecule has 0 radical (unpaired) electrons. The molecule has 0 aliphatic rings. The lowest BCUT2D eigenvalue weighted by atomic mass is 10.3. The van der Waals surface area contributed by atoms with E-state index in [0.717, 1.165) is 5.69 Å². The minimum Gasteiger partial charge on any atom is -0.348 e. The van der Waals surface area contributed by atoms with Crippen LogP contribution >= 0.6 is 11.3 Å². The quantitative estimate of drug-likeness (QED) is 0.720. The van der Waals surface area contributed by atoms with Crippen molar-refractivity contribution in [2.75, 3.05) is 13.1 Å². The van der Waals surface area contributed by atoms with E-state index in [2.05, 4.69) is 10.3 Å². The van der Waals surface area contributed by atoms with E-state index in [1.165, 1.54) is 11.3 Å². The molecule has 0 saturated heterocycles. The van der Waals surface area contributed by atoms with Crippen LogP contribution in [0.5, 0.6) is 0 Å². The van der Waals surface area contributed by atoms with Gasteiger partial charge in [0.2, 0.25) is 0 Å². The molecule has 0 aromatic carbocycles. The van der Waals surface area contributed by atoms with Gasteiger partial charge in [-0.3, -0.25) is 4.79 Å². The van der Waals surface area contributed by atoms with Crippen molar-refractivity contribution in [1.29, 1.82) is 0 Å². The predicted molar refractivity (Wildman–Crippen MR) is 57.4 cm³/mol. The molecule has 5 heteroatoms. The summed E-state index contributed by atoms with van der Waals surface area (Å²) in [7, 11) is 0. The van der Waals surface area contributed by atoms with Gasteiger partial charge in [-0.25, -0.2) is 4.98 Å². The van der Waals surface area contributed by atoms with Gasteiger partial charge in [-0.05, 0) is 6.92 Å². The third-order valence-electron chi connectivity index (χ3n) is 1.63. The van der Waals surface area contributed by atoms with Crippen LogP contribution in [0, 0.1) is 6.92 Å². The summed E-state index contributed by atoms with van der Waals surface area (Å²) in [4.78, 5) is 16.2. The first-order valence-corrected chi connectivity index (χ1v) is 5.17. The van der Waals surface area contributed by atoms with Crippen LogP contribution in [-0.4, -0.2) is 24.0 Å². The highest BCUT2D eigenvalue weighted by molar-refractivity contribution is 7.11. The number of nitrogens with zero attached hydrogens (tertiary/aromatic N) is 1. The zero-order chi connectivity index (χ0) is 10.4. The average Bonchev–Trinajstić information content (AvgIpc) is 2.59. The molecule has 76 valence electrons. The number of nitrogens with one attached hydrogen (secondary N) is 1. The van der Waals surface area contributed by atoms with Crippen molar-refractivity contribution in [2.24, 2.45) is 5.73 Å². The van der Waals surface area contributed by atoms with Crippen molar-refractivity contribution in [3.05, 3.63) is 28.2 Å². The van der Waals surface area contributed by atoms with Crippen LogP contribution in [-0.2, 0) is 0 Å². The second kappa shape index (κ2) is 5.51. The normalized spacial score (nSPS) is 10.7. The Bertz CT molecular complexity index is 333. The number of nitrogens with two attached hydrogens (primary N) is 1. The van der Waals surface area contributed by atoms with Gasteiger partial charge in [0.25, 0.3) is 5.91 Å². The summed E-state index contributed by atoms with van der Waals surface area (Å²) in [6.07, 6.45) is 3.63. The number of amides is 1. The minimum atomic E-state index is -0.0772. The zero-order valence-corrected chi connectivity index (χ0v) is 8.80. The molecule has 1 amide bonds. The molecule has 0 aliphatic carbocycles. The average molecular weight is 211 g/mol. The van der Waals surface area contributed by atoms with Gasteiger partial charge in [-0.15, -0.1) is 11.3 Å². The van der Waals surface area contributed by atoms with E-state index in [1.54, 1.807) is 11.6 Å². The van der Waals surface area contributed by atoms with Crippen molar-refractivity contribution in [3.63, 3.8) is 0 Å². The summed E-state index contributed by atoms with van der Waals surface area (Å²) in [6, 6.07) is 0. The van der Waals surface area contributed by atoms with E-state index in [9.17, 15) is 4.79 Å². The van der Waals surface area contributed by atoms with E-state index >= 15 is 0 Å². The standard InChI is InChI=1S/C9H13N3OS/c1-7-8(14-6-12-7)9(13)11-5-3-2-4-10/h2-3,6H,4-5,10H2,1H3,(H,11,13)/b3-2+. The van der Waals surface area contributed by atoms with Gasteiger partial charge < -0.3 is 11.1 Å². The molecule has 1 heterocycles. The fraction of sp³-hybridized carbons (Fsp3) is 0.333. The first kappa shape index (κ1) is 10.9. The highest BCUT2D eigenvalue weighted by Crippen LogP contribution is 2.10. The largest absolute Gasteiger partial charge is 0.348 e. The van der Waals surface area contributed by atoms with E-state index < -0.39 is 0 Å². The van der Waals surface area contributed by atoms with Crippen molar-refractivity contribution in [1.82, 2.24) is 10.3 Å². The Labute approximate surface area is 86.8 Å². The fourth-order valence-electron chi connectivity index (χ4n) is 0.931. The summed E-state index contributed by atoms with van der Waals surface area (Å²) in [5.41, 5.74) is 7.70. The predicted octanol–water partition coefficient (Wildman–Crippen LogP) is 0.696. The topological polar surface area (TPSA) is 68.0 Å². The first-order valence-electron chi connectivity index (χ1n) is 4.29. The fourth-order valence-corrected chi connectivity index (χ4v) is 1.65. The highest BCUT2D eigenvalue weighted by atomic mass is 32.1. The van der Waals surface area contributed by atoms with Gasteiger partial charge in [0, 0.05) is 13.1 Å². The van der Waals surface area contributed by atoms with E-state index in [-0.39, 0.29) is 5.91 Å². The maximum absolute atomic E-state index is 11.5. The third kappa shape index (κ3) is 2.93. The Morgan fingerprint density at radius 1 is 1.71 bits per heavy atom. The molecular weight excluding hydrogens is 198 g/mol. The second-order valence-electron chi connectivity index (χ2n) is 2.68. The van der Waals surface area contributed by atoms with Crippen LogP contribution in [0.15, 0.2) is 17.7 Å². The SMILES string of the molecule is Cc1ncsc1C(=O)NC/C=C/CN. The van der Waals surface area contributed by atoms with E-state index in [1.807, 2.05) is 13.0 Å². The second-order valence-corrected chi connectivity index (χ2v) is 3.54. The number of rotatable bonds is 4. The summed E-state index contributed by atoms with van der Waals surface area (Å²) in [6.45, 7) is 2.82. The van der Waals surface area contributed by atoms with Crippen molar-refractivity contribution in [3.8, 4) is 0 Å². The molecule has 0 fully saturated rings. The number of aromatic nitrogens is 1. The molecule has 0 atom stereocenters. The number of carbonyl (C=O) groups excluding carboxylic acids is 1. The van der Waals surface area contributed by atoms with Gasteiger partial charge in [0.1, 0.15) is 4.88 Å². The van der Waals surface area contributed by atoms with Crippen LogP contribution in [0.4, 0.5) is 0 Å². The summed E-state index contributed by atoms with van der Waals surface area (Å²) in [5, 5.41) is 2.75. The van der Waals surface area contributed by atoms with Crippen molar-refractivity contribution < 1.29 is 4.79 Å². The molecule has 1 aromatic rings. The Kier molecular flexibility index (Phi) is 4.28. The van der Waals surface area contributed by atoms with Crippen molar-refractivity contribution in [2.45, 2.75) is 6.92 Å². The molecule has 0 saturated carbocycles. The molecule has 3 N–H and O–H groups in total. The number of thiazole rings is 1. The van der Waals surface area contributed by atoms with Crippen LogP contribution in [0.1, 0.15) is 15.4 Å². The lowest BCUT2D eigenvalue weighted by Gasteiger charge is -1.99. The Morgan fingerprint density at radius 2 is 2.50 bits per heavy atom. The molecule has 14 heavy (non-hydrogen) atoms. The van der Waals surface area contributed by atoms with E-state index in [0.29, 0.717) is 18.0 Å². The van der Waals surface area contributed by atoms with Gasteiger partial charge in [-0.1, -0.05) is 12.2 Å². The lowest BCUT2D eigenvalue weighted by Crippen LogP contribution is -2.23. The van der Waals surface area contributed by atoms with Crippen LogP contribution < -0.4 is 11.1 Å². The van der Waals surface area contributed by atoms with E-state index in [4.69, 9.17) is 5.73 Å². The maximum atomic E-state index is 11.5. The Balaban J connectivity index is 2.44. The number of hydrogen-bond donors (Lipinski definition) is 2. The maximum Gasteiger partial charge on any atom is 0.263 e. The minimum absolute atomic E-state index is 0.0772. The van der Waals surface area contributed by atoms with Crippen LogP contribution in [0.2, 0.25) is 0 Å². The highest BCUT2D eigenvalue weighted by Gasteiger charge is 2.09. The van der Waals surface area contributed by atoms with Gasteiger partial charge in [0.15, 0.2) is 0 Å². The number of aryl methyl sites for hydroxylation is 1. The van der Waals surface area contributed by atoms with Crippen LogP contribution in [0.25, 0.3) is 0 Å². The molecule has 1 rings (SSSR count). The smallest absolute Gasteiger partial charge is 0.263 e. The molecule has 0 spiro atoms. The monoisotopic (exact) mass is 211 g/mol. The summed E-state index contributed by atoms with van der Waals surface area (Å²) < 4.78 is 0. The molecule has 1 aromatic heterocycles. The molecule has 4 nitrogen and oxygen atoms in total. The third-order valence-corrected chi connectivity index (χ3v) is 2.56. The molecule has 0 unspecified atom stereocenters. The van der Waals surface area contributed by atoms with Gasteiger partial charge in [0.05, 0.1) is 11.2 Å². The Morgan fingerprint density at radius 3 is 3.07 bits per heavy atom.